The Labute approximate surface area is 189 Å². The second kappa shape index (κ2) is 10.6. The molecule has 2 aromatic rings. The van der Waals surface area contributed by atoms with Crippen molar-refractivity contribution in [1.82, 2.24) is 4.98 Å². The number of carbonyl (C=O) groups is 2. The van der Waals surface area contributed by atoms with Crippen molar-refractivity contribution in [3.05, 3.63) is 40.2 Å². The first-order chi connectivity index (χ1) is 15.4. The number of benzene rings is 1. The predicted molar refractivity (Wildman–Crippen MR) is 121 cm³/mol. The molecule has 7 nitrogen and oxygen atoms in total. The molecular formula is C25H33NO6. The van der Waals surface area contributed by atoms with Gasteiger partial charge in [-0.25, -0.2) is 4.79 Å². The number of H-pyrrole nitrogens is 1. The van der Waals surface area contributed by atoms with E-state index < -0.39 is 5.97 Å². The van der Waals surface area contributed by atoms with Gasteiger partial charge in [-0.05, 0) is 48.9 Å². The number of nitrogens with one attached hydrogen (secondary N) is 1. The lowest BCUT2D eigenvalue weighted by Gasteiger charge is -2.24. The summed E-state index contributed by atoms with van der Waals surface area (Å²) in [5.41, 5.74) is 3.36. The number of aromatic amines is 1. The van der Waals surface area contributed by atoms with Crippen LogP contribution < -0.4 is 14.2 Å². The molecule has 0 amide bonds. The molecule has 3 rings (SSSR count). The normalized spacial score (nSPS) is 15.3. The second-order valence-corrected chi connectivity index (χ2v) is 8.16. The Morgan fingerprint density at radius 1 is 1.03 bits per heavy atom. The van der Waals surface area contributed by atoms with Crippen LogP contribution in [0.15, 0.2) is 12.1 Å². The first-order valence-corrected chi connectivity index (χ1v) is 11.2. The van der Waals surface area contributed by atoms with Crippen LogP contribution in [0, 0.1) is 6.92 Å². The third kappa shape index (κ3) is 4.76. The number of Topliss-reactive ketones (excluding diaryl/α,β-unsaturated/α-hetero) is 1. The Kier molecular flexibility index (Phi) is 7.83. The minimum Gasteiger partial charge on any atom is -0.493 e. The highest BCUT2D eigenvalue weighted by Gasteiger charge is 2.33. The van der Waals surface area contributed by atoms with Crippen molar-refractivity contribution in [3.8, 4) is 17.2 Å². The Hall–Kier alpha value is -2.96. The molecular weight excluding hydrogens is 410 g/mol. The van der Waals surface area contributed by atoms with Crippen LogP contribution in [0.4, 0.5) is 0 Å². The van der Waals surface area contributed by atoms with Crippen LogP contribution in [0.2, 0.25) is 0 Å². The molecule has 0 spiro atoms. The number of unbranched alkanes of at least 4 members (excludes halogenated alkanes) is 3. The van der Waals surface area contributed by atoms with Gasteiger partial charge in [-0.1, -0.05) is 26.2 Å². The zero-order valence-electron chi connectivity index (χ0n) is 19.6. The molecule has 1 aliphatic rings. The van der Waals surface area contributed by atoms with E-state index >= 15 is 0 Å². The maximum absolute atomic E-state index is 13.0. The fourth-order valence-corrected chi connectivity index (χ4v) is 4.38. The molecule has 32 heavy (non-hydrogen) atoms. The topological polar surface area (TPSA) is 86.9 Å². The van der Waals surface area contributed by atoms with Crippen molar-refractivity contribution in [2.75, 3.05) is 27.9 Å². The third-order valence-electron chi connectivity index (χ3n) is 6.08. The Bertz CT molecular complexity index is 952. The van der Waals surface area contributed by atoms with Gasteiger partial charge in [0.1, 0.15) is 5.69 Å². The molecule has 1 N–H and O–H groups in total. The summed E-state index contributed by atoms with van der Waals surface area (Å²) in [6.07, 6.45) is 5.09. The van der Waals surface area contributed by atoms with Crippen molar-refractivity contribution in [1.29, 1.82) is 0 Å². The number of aromatic nitrogens is 1. The fourth-order valence-electron chi connectivity index (χ4n) is 4.38. The van der Waals surface area contributed by atoms with Crippen LogP contribution in [0.5, 0.6) is 17.2 Å². The molecule has 0 bridgehead atoms. The minimum absolute atomic E-state index is 0.0146. The largest absolute Gasteiger partial charge is 0.493 e. The van der Waals surface area contributed by atoms with Gasteiger partial charge in [-0.15, -0.1) is 0 Å². The van der Waals surface area contributed by atoms with Gasteiger partial charge in [0.25, 0.3) is 0 Å². The molecule has 174 valence electrons. The number of methoxy groups -OCH3 is 3. The molecule has 1 aromatic carbocycles. The molecule has 1 aromatic heterocycles. The maximum Gasteiger partial charge on any atom is 0.355 e. The van der Waals surface area contributed by atoms with Crippen LogP contribution in [-0.2, 0) is 11.2 Å². The van der Waals surface area contributed by atoms with Gasteiger partial charge >= 0.3 is 5.97 Å². The lowest BCUT2D eigenvalue weighted by atomic mass is 9.81. The van der Waals surface area contributed by atoms with E-state index in [1.165, 1.54) is 0 Å². The number of ketones is 1. The summed E-state index contributed by atoms with van der Waals surface area (Å²) in [4.78, 5) is 28.8. The molecule has 0 radical (unpaired) electrons. The summed E-state index contributed by atoms with van der Waals surface area (Å²) in [6, 6.07) is 3.76. The standard InChI is InChI=1S/C25H33NO6/c1-6-7-8-9-10-32-25(28)23-15(2)22-18(26-23)11-16(12-19(22)27)17-13-20(29-3)24(31-5)21(14-17)30-4/h13-14,16,26H,6-12H2,1-5H3/t16-/m1/s1. The molecule has 1 heterocycles. The van der Waals surface area contributed by atoms with Gasteiger partial charge in [-0.3, -0.25) is 4.79 Å². The van der Waals surface area contributed by atoms with Gasteiger partial charge in [0.2, 0.25) is 5.75 Å². The molecule has 1 atom stereocenters. The van der Waals surface area contributed by atoms with Crippen molar-refractivity contribution < 1.29 is 28.5 Å². The maximum atomic E-state index is 13.0. The average molecular weight is 444 g/mol. The first kappa shape index (κ1) is 23.7. The van der Waals surface area contributed by atoms with E-state index in [0.29, 0.717) is 53.5 Å². The highest BCUT2D eigenvalue weighted by Crippen LogP contribution is 2.43. The van der Waals surface area contributed by atoms with Gasteiger partial charge in [-0.2, -0.15) is 0 Å². The summed E-state index contributed by atoms with van der Waals surface area (Å²) >= 11 is 0. The van der Waals surface area contributed by atoms with E-state index in [1.807, 2.05) is 12.1 Å². The summed E-state index contributed by atoms with van der Waals surface area (Å²) < 4.78 is 21.8. The number of ether oxygens (including phenoxy) is 4. The second-order valence-electron chi connectivity index (χ2n) is 8.16. The van der Waals surface area contributed by atoms with Crippen molar-refractivity contribution in [2.45, 2.75) is 58.3 Å². The molecule has 0 aliphatic heterocycles. The lowest BCUT2D eigenvalue weighted by Crippen LogP contribution is -2.19. The van der Waals surface area contributed by atoms with E-state index in [-0.39, 0.29) is 11.7 Å². The van der Waals surface area contributed by atoms with Crippen LogP contribution in [0.25, 0.3) is 0 Å². The number of carbonyl (C=O) groups excluding carboxylic acids is 2. The minimum atomic E-state index is -0.398. The zero-order chi connectivity index (χ0) is 23.3. The van der Waals surface area contributed by atoms with Crippen LogP contribution >= 0.6 is 0 Å². The van der Waals surface area contributed by atoms with Crippen LogP contribution in [0.1, 0.15) is 82.6 Å². The average Bonchev–Trinajstić information content (AvgIpc) is 3.14. The van der Waals surface area contributed by atoms with Crippen molar-refractivity contribution >= 4 is 11.8 Å². The van der Waals surface area contributed by atoms with Crippen LogP contribution in [0.3, 0.4) is 0 Å². The molecule has 0 saturated heterocycles. The van der Waals surface area contributed by atoms with E-state index in [2.05, 4.69) is 11.9 Å². The number of fused-ring (bicyclic) bond motifs is 1. The Morgan fingerprint density at radius 2 is 1.72 bits per heavy atom. The summed E-state index contributed by atoms with van der Waals surface area (Å²) in [7, 11) is 4.70. The van der Waals surface area contributed by atoms with E-state index in [1.54, 1.807) is 28.3 Å². The molecule has 0 fully saturated rings. The Morgan fingerprint density at radius 3 is 2.31 bits per heavy atom. The van der Waals surface area contributed by atoms with E-state index in [9.17, 15) is 9.59 Å². The van der Waals surface area contributed by atoms with Crippen molar-refractivity contribution in [3.63, 3.8) is 0 Å². The van der Waals surface area contributed by atoms with E-state index in [4.69, 9.17) is 18.9 Å². The lowest BCUT2D eigenvalue weighted by molar-refractivity contribution is 0.0490. The number of rotatable bonds is 10. The summed E-state index contributed by atoms with van der Waals surface area (Å²) in [5.74, 6) is 1.16. The number of hydrogen-bond acceptors (Lipinski definition) is 6. The SMILES string of the molecule is CCCCCCOC(=O)c1[nH]c2c(c1C)C(=O)C[C@H](c1cc(OC)c(OC)c(OC)c1)C2. The smallest absolute Gasteiger partial charge is 0.355 e. The quantitative estimate of drug-likeness (QED) is 0.411. The number of hydrogen-bond donors (Lipinski definition) is 1. The number of esters is 1. The molecule has 7 heteroatoms. The Balaban J connectivity index is 1.82. The zero-order valence-corrected chi connectivity index (χ0v) is 19.6. The highest BCUT2D eigenvalue weighted by atomic mass is 16.5. The third-order valence-corrected chi connectivity index (χ3v) is 6.08. The molecule has 0 saturated carbocycles. The molecule has 1 aliphatic carbocycles. The van der Waals surface area contributed by atoms with Gasteiger partial charge in [0.15, 0.2) is 17.3 Å². The summed E-state index contributed by atoms with van der Waals surface area (Å²) in [5, 5.41) is 0. The fraction of sp³-hybridized carbons (Fsp3) is 0.520. The van der Waals surface area contributed by atoms with E-state index in [0.717, 1.165) is 36.9 Å². The highest BCUT2D eigenvalue weighted by molar-refractivity contribution is 6.03. The van der Waals surface area contributed by atoms with Gasteiger partial charge in [0.05, 0.1) is 27.9 Å². The predicted octanol–water partition coefficient (Wildman–Crippen LogP) is 5.00. The van der Waals surface area contributed by atoms with Crippen molar-refractivity contribution in [2.24, 2.45) is 0 Å². The van der Waals surface area contributed by atoms with Crippen LogP contribution in [-0.4, -0.2) is 44.7 Å². The summed E-state index contributed by atoms with van der Waals surface area (Å²) in [6.45, 7) is 4.34. The monoisotopic (exact) mass is 443 g/mol. The first-order valence-electron chi connectivity index (χ1n) is 11.2. The molecule has 0 unspecified atom stereocenters. The van der Waals surface area contributed by atoms with Gasteiger partial charge in [0, 0.05) is 17.7 Å². The van der Waals surface area contributed by atoms with Gasteiger partial charge < -0.3 is 23.9 Å².